The summed E-state index contributed by atoms with van der Waals surface area (Å²) >= 11 is 0. The van der Waals surface area contributed by atoms with Gasteiger partial charge in [0.15, 0.2) is 0 Å². The van der Waals surface area contributed by atoms with E-state index in [-0.39, 0.29) is 5.97 Å². The second kappa shape index (κ2) is 18.2. The van der Waals surface area contributed by atoms with Crippen molar-refractivity contribution in [3.63, 3.8) is 0 Å². The second-order valence-corrected chi connectivity index (χ2v) is 10.5. The standard InChI is InChI=1S/C35H47NO3/c1-3-5-7-9-10-11-12-14-16-29-17-19-31(20-18-29)35(37)39-33-25-26-34(36-28-33)30-21-23-32(24-22-30)38-27-15-13-8-6-4-2/h17-26,28H,3-16,27H2,1-2H3. The highest BCUT2D eigenvalue weighted by atomic mass is 16.5. The van der Waals surface area contributed by atoms with E-state index in [2.05, 4.69) is 18.8 Å². The molecule has 0 aliphatic rings. The van der Waals surface area contributed by atoms with Crippen molar-refractivity contribution >= 4 is 5.97 Å². The average molecular weight is 530 g/mol. The molecule has 210 valence electrons. The minimum absolute atomic E-state index is 0.362. The Kier molecular flexibility index (Phi) is 14.2. The van der Waals surface area contributed by atoms with Crippen molar-refractivity contribution in [2.75, 3.05) is 6.61 Å². The van der Waals surface area contributed by atoms with E-state index < -0.39 is 0 Å². The topological polar surface area (TPSA) is 48.4 Å². The van der Waals surface area contributed by atoms with Gasteiger partial charge in [0.25, 0.3) is 0 Å². The van der Waals surface area contributed by atoms with E-state index >= 15 is 0 Å². The first-order chi connectivity index (χ1) is 19.2. The van der Waals surface area contributed by atoms with Gasteiger partial charge < -0.3 is 9.47 Å². The Labute approximate surface area is 236 Å². The Morgan fingerprint density at radius 2 is 1.23 bits per heavy atom. The van der Waals surface area contributed by atoms with Gasteiger partial charge in [0, 0.05) is 5.56 Å². The molecular formula is C35H47NO3. The summed E-state index contributed by atoms with van der Waals surface area (Å²) in [5, 5.41) is 0. The normalized spacial score (nSPS) is 10.9. The first kappa shape index (κ1) is 30.4. The van der Waals surface area contributed by atoms with Gasteiger partial charge >= 0.3 is 5.97 Å². The predicted molar refractivity (Wildman–Crippen MR) is 162 cm³/mol. The monoisotopic (exact) mass is 529 g/mol. The largest absolute Gasteiger partial charge is 0.494 e. The van der Waals surface area contributed by atoms with Gasteiger partial charge in [0.2, 0.25) is 0 Å². The van der Waals surface area contributed by atoms with Crippen LogP contribution in [-0.2, 0) is 6.42 Å². The van der Waals surface area contributed by atoms with Crippen LogP contribution in [0.4, 0.5) is 0 Å². The van der Waals surface area contributed by atoms with E-state index in [0.29, 0.717) is 11.3 Å². The summed E-state index contributed by atoms with van der Waals surface area (Å²) in [5.74, 6) is 0.956. The highest BCUT2D eigenvalue weighted by Gasteiger charge is 2.10. The number of carbonyl (C=O) groups is 1. The maximum absolute atomic E-state index is 12.6. The van der Waals surface area contributed by atoms with E-state index in [4.69, 9.17) is 9.47 Å². The Morgan fingerprint density at radius 1 is 0.641 bits per heavy atom. The van der Waals surface area contributed by atoms with Crippen LogP contribution in [0.3, 0.4) is 0 Å². The Bertz CT molecular complexity index is 1060. The molecule has 0 saturated carbocycles. The predicted octanol–water partition coefficient (Wildman–Crippen LogP) is 10.0. The summed E-state index contributed by atoms with van der Waals surface area (Å²) in [6.45, 7) is 5.24. The molecule has 4 heteroatoms. The zero-order valence-electron chi connectivity index (χ0n) is 24.1. The van der Waals surface area contributed by atoms with E-state index in [0.717, 1.165) is 36.5 Å². The third-order valence-corrected chi connectivity index (χ3v) is 7.12. The number of rotatable bonds is 19. The Balaban J connectivity index is 1.39. The number of pyridine rings is 1. The summed E-state index contributed by atoms with van der Waals surface area (Å²) in [4.78, 5) is 17.1. The van der Waals surface area contributed by atoms with Gasteiger partial charge in [-0.2, -0.15) is 0 Å². The number of hydrogen-bond acceptors (Lipinski definition) is 4. The molecule has 1 heterocycles. The van der Waals surface area contributed by atoms with Crippen LogP contribution in [-0.4, -0.2) is 17.6 Å². The highest BCUT2D eigenvalue weighted by Crippen LogP contribution is 2.23. The van der Waals surface area contributed by atoms with Crippen LogP contribution in [0.5, 0.6) is 11.5 Å². The van der Waals surface area contributed by atoms with E-state index in [1.54, 1.807) is 12.3 Å². The number of aryl methyl sites for hydroxylation is 1. The summed E-state index contributed by atoms with van der Waals surface area (Å²) < 4.78 is 11.4. The average Bonchev–Trinajstić information content (AvgIpc) is 2.97. The Hall–Kier alpha value is -3.14. The molecule has 39 heavy (non-hydrogen) atoms. The quantitative estimate of drug-likeness (QED) is 0.114. The van der Waals surface area contributed by atoms with Crippen molar-refractivity contribution in [3.05, 3.63) is 78.0 Å². The molecule has 0 saturated heterocycles. The fourth-order valence-electron chi connectivity index (χ4n) is 4.67. The summed E-state index contributed by atoms with van der Waals surface area (Å²) in [6.07, 6.45) is 19.3. The van der Waals surface area contributed by atoms with Gasteiger partial charge in [0.1, 0.15) is 11.5 Å². The maximum Gasteiger partial charge on any atom is 0.343 e. The number of esters is 1. The van der Waals surface area contributed by atoms with Crippen molar-refractivity contribution in [3.8, 4) is 22.8 Å². The fourth-order valence-corrected chi connectivity index (χ4v) is 4.67. The fraction of sp³-hybridized carbons (Fsp3) is 0.486. The van der Waals surface area contributed by atoms with Crippen molar-refractivity contribution in [1.29, 1.82) is 0 Å². The van der Waals surface area contributed by atoms with Gasteiger partial charge in [-0.15, -0.1) is 0 Å². The molecule has 1 aromatic heterocycles. The molecule has 0 fully saturated rings. The number of carbonyl (C=O) groups excluding carboxylic acids is 1. The third kappa shape index (κ3) is 11.6. The molecular weight excluding hydrogens is 482 g/mol. The minimum atomic E-state index is -0.362. The number of nitrogens with zero attached hydrogens (tertiary/aromatic N) is 1. The van der Waals surface area contributed by atoms with Crippen molar-refractivity contribution in [2.45, 2.75) is 104 Å². The highest BCUT2D eigenvalue weighted by molar-refractivity contribution is 5.91. The molecule has 0 unspecified atom stereocenters. The third-order valence-electron chi connectivity index (χ3n) is 7.12. The van der Waals surface area contributed by atoms with Crippen molar-refractivity contribution < 1.29 is 14.3 Å². The Morgan fingerprint density at radius 3 is 1.85 bits per heavy atom. The number of aromatic nitrogens is 1. The van der Waals surface area contributed by atoms with Gasteiger partial charge in [0.05, 0.1) is 24.1 Å². The van der Waals surface area contributed by atoms with Crippen LogP contribution in [0.2, 0.25) is 0 Å². The lowest BCUT2D eigenvalue weighted by Crippen LogP contribution is -2.08. The van der Waals surface area contributed by atoms with Crippen LogP contribution in [0.1, 0.15) is 113 Å². The molecule has 3 rings (SSSR count). The zero-order valence-corrected chi connectivity index (χ0v) is 24.1. The first-order valence-corrected chi connectivity index (χ1v) is 15.2. The van der Waals surface area contributed by atoms with Crippen LogP contribution in [0.25, 0.3) is 11.3 Å². The zero-order chi connectivity index (χ0) is 27.5. The molecule has 2 aromatic carbocycles. The molecule has 0 bridgehead atoms. The van der Waals surface area contributed by atoms with Gasteiger partial charge in [-0.3, -0.25) is 4.98 Å². The molecule has 3 aromatic rings. The summed E-state index contributed by atoms with van der Waals surface area (Å²) in [5.41, 5.74) is 3.65. The molecule has 0 aliphatic heterocycles. The lowest BCUT2D eigenvalue weighted by atomic mass is 10.0. The number of unbranched alkanes of at least 4 members (excludes halogenated alkanes) is 11. The number of benzene rings is 2. The first-order valence-electron chi connectivity index (χ1n) is 15.2. The van der Waals surface area contributed by atoms with Crippen LogP contribution >= 0.6 is 0 Å². The summed E-state index contributed by atoms with van der Waals surface area (Å²) in [6, 6.07) is 19.4. The lowest BCUT2D eigenvalue weighted by molar-refractivity contribution is 0.0734. The van der Waals surface area contributed by atoms with Crippen molar-refractivity contribution in [1.82, 2.24) is 4.98 Å². The van der Waals surface area contributed by atoms with Crippen LogP contribution < -0.4 is 9.47 Å². The molecule has 0 spiro atoms. The van der Waals surface area contributed by atoms with Crippen LogP contribution in [0.15, 0.2) is 66.9 Å². The minimum Gasteiger partial charge on any atom is -0.494 e. The van der Waals surface area contributed by atoms with Gasteiger partial charge in [-0.05, 0) is 73.4 Å². The van der Waals surface area contributed by atoms with E-state index in [1.807, 2.05) is 54.6 Å². The smallest absolute Gasteiger partial charge is 0.343 e. The van der Waals surface area contributed by atoms with Gasteiger partial charge in [-0.25, -0.2) is 4.79 Å². The SMILES string of the molecule is CCCCCCCCCCc1ccc(C(=O)Oc2ccc(-c3ccc(OCCCCCCC)cc3)nc2)cc1. The van der Waals surface area contributed by atoms with E-state index in [1.165, 1.54) is 82.6 Å². The maximum atomic E-state index is 12.6. The molecule has 0 amide bonds. The van der Waals surface area contributed by atoms with Crippen LogP contribution in [0, 0.1) is 0 Å². The number of hydrogen-bond donors (Lipinski definition) is 0. The summed E-state index contributed by atoms with van der Waals surface area (Å²) in [7, 11) is 0. The molecule has 0 radical (unpaired) electrons. The number of ether oxygens (including phenoxy) is 2. The second-order valence-electron chi connectivity index (χ2n) is 10.5. The lowest BCUT2D eigenvalue weighted by Gasteiger charge is -2.08. The van der Waals surface area contributed by atoms with Gasteiger partial charge in [-0.1, -0.05) is 96.6 Å². The molecule has 0 N–H and O–H groups in total. The van der Waals surface area contributed by atoms with Crippen molar-refractivity contribution in [2.24, 2.45) is 0 Å². The molecule has 4 nitrogen and oxygen atoms in total. The van der Waals surface area contributed by atoms with E-state index in [9.17, 15) is 4.79 Å². The molecule has 0 atom stereocenters. The molecule has 0 aliphatic carbocycles.